The summed E-state index contributed by atoms with van der Waals surface area (Å²) < 4.78 is 13.8. The van der Waals surface area contributed by atoms with Gasteiger partial charge in [-0.25, -0.2) is 4.39 Å². The zero-order valence-corrected chi connectivity index (χ0v) is 12.7. The van der Waals surface area contributed by atoms with Gasteiger partial charge >= 0.3 is 0 Å². The molecule has 0 heterocycles. The van der Waals surface area contributed by atoms with Gasteiger partial charge < -0.3 is 5.32 Å². The molecule has 1 nitrogen and oxygen atoms in total. The molecule has 3 heteroatoms. The van der Waals surface area contributed by atoms with Crippen LogP contribution < -0.4 is 5.32 Å². The first kappa shape index (κ1) is 12.3. The number of hydrogen-bond acceptors (Lipinski definition) is 1. The number of benzene rings is 1. The molecule has 0 amide bonds. The van der Waals surface area contributed by atoms with Crippen molar-refractivity contribution in [3.8, 4) is 0 Å². The summed E-state index contributed by atoms with van der Waals surface area (Å²) in [6.07, 6.45) is 4.41. The molecule has 5 unspecified atom stereocenters. The molecular weight excluding hydrogens is 305 g/mol. The SMILES string of the molecule is CC(NC1C2C3CCC(C3)C12)c1ccc(F)c(Br)c1. The Kier molecular flexibility index (Phi) is 2.79. The summed E-state index contributed by atoms with van der Waals surface area (Å²) in [6, 6.07) is 6.39. The largest absolute Gasteiger partial charge is 0.307 e. The molecule has 0 spiro atoms. The molecule has 0 radical (unpaired) electrons. The standard InChI is InChI=1S/C16H19BrFN/c1-8(9-4-5-13(18)12(17)7-9)19-16-14-10-2-3-11(6-10)15(14)16/h4-5,7-8,10-11,14-16,19H,2-3,6H2,1H3. The Morgan fingerprint density at radius 3 is 2.58 bits per heavy atom. The highest BCUT2D eigenvalue weighted by molar-refractivity contribution is 9.10. The Morgan fingerprint density at radius 2 is 1.95 bits per heavy atom. The Balaban J connectivity index is 1.45. The van der Waals surface area contributed by atoms with Gasteiger partial charge in [-0.15, -0.1) is 0 Å². The van der Waals surface area contributed by atoms with Crippen LogP contribution in [0, 0.1) is 29.5 Å². The van der Waals surface area contributed by atoms with E-state index in [1.165, 1.54) is 24.8 Å². The zero-order chi connectivity index (χ0) is 13.1. The Labute approximate surface area is 122 Å². The summed E-state index contributed by atoms with van der Waals surface area (Å²) >= 11 is 3.27. The van der Waals surface area contributed by atoms with Crippen molar-refractivity contribution in [3.05, 3.63) is 34.1 Å². The van der Waals surface area contributed by atoms with Crippen molar-refractivity contribution in [2.45, 2.75) is 38.3 Å². The lowest BCUT2D eigenvalue weighted by molar-refractivity contribution is 0.433. The van der Waals surface area contributed by atoms with Crippen molar-refractivity contribution >= 4 is 15.9 Å². The van der Waals surface area contributed by atoms with Gasteiger partial charge in [0.25, 0.3) is 0 Å². The van der Waals surface area contributed by atoms with Gasteiger partial charge in [-0.1, -0.05) is 6.07 Å². The molecule has 0 aliphatic heterocycles. The molecule has 1 aromatic rings. The summed E-state index contributed by atoms with van der Waals surface area (Å²) in [7, 11) is 0. The maximum atomic E-state index is 13.3. The van der Waals surface area contributed by atoms with Crippen LogP contribution in [0.1, 0.15) is 37.8 Å². The fraction of sp³-hybridized carbons (Fsp3) is 0.625. The molecule has 5 atom stereocenters. The number of halogens is 2. The smallest absolute Gasteiger partial charge is 0.137 e. The second-order valence-electron chi connectivity index (χ2n) is 6.58. The van der Waals surface area contributed by atoms with Crippen molar-refractivity contribution in [1.82, 2.24) is 5.32 Å². The predicted molar refractivity (Wildman–Crippen MR) is 77.2 cm³/mol. The Hall–Kier alpha value is -0.410. The van der Waals surface area contributed by atoms with Crippen LogP contribution in [0.3, 0.4) is 0 Å². The molecule has 4 rings (SSSR count). The van der Waals surface area contributed by atoms with E-state index in [0.717, 1.165) is 29.7 Å². The predicted octanol–water partition coefficient (Wildman–Crippen LogP) is 4.28. The van der Waals surface area contributed by atoms with E-state index >= 15 is 0 Å². The Morgan fingerprint density at radius 1 is 1.26 bits per heavy atom. The van der Waals surface area contributed by atoms with Gasteiger partial charge in [0.05, 0.1) is 4.47 Å². The van der Waals surface area contributed by atoms with E-state index in [4.69, 9.17) is 0 Å². The summed E-state index contributed by atoms with van der Waals surface area (Å²) in [6.45, 7) is 2.19. The van der Waals surface area contributed by atoms with Crippen LogP contribution in [0.4, 0.5) is 4.39 Å². The summed E-state index contributed by atoms with van der Waals surface area (Å²) in [5.41, 5.74) is 1.17. The van der Waals surface area contributed by atoms with Crippen molar-refractivity contribution in [3.63, 3.8) is 0 Å². The number of fused-ring (bicyclic) bond motifs is 5. The second-order valence-corrected chi connectivity index (χ2v) is 7.43. The minimum Gasteiger partial charge on any atom is -0.307 e. The van der Waals surface area contributed by atoms with E-state index in [0.29, 0.717) is 10.5 Å². The van der Waals surface area contributed by atoms with Gasteiger partial charge in [-0.3, -0.25) is 0 Å². The zero-order valence-electron chi connectivity index (χ0n) is 11.1. The van der Waals surface area contributed by atoms with Gasteiger partial charge in [0.2, 0.25) is 0 Å². The number of rotatable bonds is 3. The van der Waals surface area contributed by atoms with Crippen LogP contribution in [0.15, 0.2) is 22.7 Å². The van der Waals surface area contributed by atoms with E-state index < -0.39 is 0 Å². The normalized spacial score (nSPS) is 40.3. The third kappa shape index (κ3) is 1.89. The maximum absolute atomic E-state index is 13.3. The minimum absolute atomic E-state index is 0.183. The number of nitrogens with one attached hydrogen (secondary N) is 1. The van der Waals surface area contributed by atoms with Gasteiger partial charge in [0, 0.05) is 12.1 Å². The van der Waals surface area contributed by atoms with Gasteiger partial charge in [0.15, 0.2) is 0 Å². The molecule has 1 N–H and O–H groups in total. The van der Waals surface area contributed by atoms with Crippen molar-refractivity contribution in [1.29, 1.82) is 0 Å². The minimum atomic E-state index is -0.183. The van der Waals surface area contributed by atoms with Gasteiger partial charge in [-0.2, -0.15) is 0 Å². The lowest BCUT2D eigenvalue weighted by Gasteiger charge is -2.17. The lowest BCUT2D eigenvalue weighted by Crippen LogP contribution is -2.26. The van der Waals surface area contributed by atoms with Crippen LogP contribution in [0.25, 0.3) is 0 Å². The molecular formula is C16H19BrFN. The van der Waals surface area contributed by atoms with E-state index in [1.807, 2.05) is 12.1 Å². The van der Waals surface area contributed by atoms with Crippen molar-refractivity contribution in [2.24, 2.45) is 23.7 Å². The van der Waals surface area contributed by atoms with Gasteiger partial charge in [0.1, 0.15) is 5.82 Å². The molecule has 0 saturated heterocycles. The van der Waals surface area contributed by atoms with Crippen LogP contribution in [-0.2, 0) is 0 Å². The van der Waals surface area contributed by atoms with Crippen LogP contribution in [0.2, 0.25) is 0 Å². The van der Waals surface area contributed by atoms with E-state index in [2.05, 4.69) is 28.2 Å². The summed E-state index contributed by atoms with van der Waals surface area (Å²) in [5, 5.41) is 3.78. The molecule has 0 aromatic heterocycles. The third-order valence-electron chi connectivity index (χ3n) is 5.62. The first-order valence-corrected chi connectivity index (χ1v) is 8.15. The van der Waals surface area contributed by atoms with Crippen molar-refractivity contribution < 1.29 is 4.39 Å². The summed E-state index contributed by atoms with van der Waals surface area (Å²) in [4.78, 5) is 0. The second kappa shape index (κ2) is 4.29. The molecule has 102 valence electrons. The van der Waals surface area contributed by atoms with Crippen LogP contribution in [0.5, 0.6) is 0 Å². The quantitative estimate of drug-likeness (QED) is 0.875. The van der Waals surface area contributed by atoms with E-state index in [-0.39, 0.29) is 5.82 Å². The average Bonchev–Trinajstić information content (AvgIpc) is 2.81. The molecule has 3 aliphatic rings. The summed E-state index contributed by atoms with van der Waals surface area (Å²) in [5.74, 6) is 3.71. The molecule has 3 saturated carbocycles. The maximum Gasteiger partial charge on any atom is 0.137 e. The Bertz CT molecular complexity index is 501. The molecule has 2 bridgehead atoms. The monoisotopic (exact) mass is 323 g/mol. The first-order valence-electron chi connectivity index (χ1n) is 7.36. The molecule has 1 aromatic carbocycles. The highest BCUT2D eigenvalue weighted by Gasteiger charge is 2.64. The topological polar surface area (TPSA) is 12.0 Å². The fourth-order valence-corrected chi connectivity index (χ4v) is 5.11. The molecule has 3 fully saturated rings. The van der Waals surface area contributed by atoms with E-state index in [9.17, 15) is 4.39 Å². The lowest BCUT2D eigenvalue weighted by atomic mass is 10.0. The van der Waals surface area contributed by atoms with Crippen LogP contribution >= 0.6 is 15.9 Å². The molecule has 19 heavy (non-hydrogen) atoms. The first-order chi connectivity index (χ1) is 9.15. The van der Waals surface area contributed by atoms with E-state index in [1.54, 1.807) is 6.07 Å². The average molecular weight is 324 g/mol. The fourth-order valence-electron chi connectivity index (χ4n) is 4.71. The van der Waals surface area contributed by atoms with Crippen LogP contribution in [-0.4, -0.2) is 6.04 Å². The molecule has 3 aliphatic carbocycles. The highest BCUT2D eigenvalue weighted by Crippen LogP contribution is 2.65. The van der Waals surface area contributed by atoms with Crippen molar-refractivity contribution in [2.75, 3.05) is 0 Å². The highest BCUT2D eigenvalue weighted by atomic mass is 79.9. The van der Waals surface area contributed by atoms with Gasteiger partial charge in [-0.05, 0) is 83.5 Å². The number of hydrogen-bond donors (Lipinski definition) is 1. The third-order valence-corrected chi connectivity index (χ3v) is 6.23.